The van der Waals surface area contributed by atoms with Gasteiger partial charge in [-0.1, -0.05) is 6.07 Å². The van der Waals surface area contributed by atoms with Crippen LogP contribution in [0.1, 0.15) is 33.3 Å². The Morgan fingerprint density at radius 3 is 2.72 bits per heavy atom. The Morgan fingerprint density at radius 2 is 1.92 bits per heavy atom. The van der Waals surface area contributed by atoms with Crippen LogP contribution in [0.5, 0.6) is 23.0 Å². The van der Waals surface area contributed by atoms with Gasteiger partial charge < -0.3 is 28.6 Å². The third kappa shape index (κ3) is 3.40. The molecule has 1 N–H and O–H groups in total. The van der Waals surface area contributed by atoms with Crippen LogP contribution in [-0.4, -0.2) is 29.8 Å². The number of rotatable bonds is 4. The van der Waals surface area contributed by atoms with Crippen molar-refractivity contribution in [3.05, 3.63) is 91.5 Å². The number of hydrogen-bond acceptors (Lipinski definition) is 7. The molecule has 0 saturated carbocycles. The van der Waals surface area contributed by atoms with Gasteiger partial charge >= 0.3 is 0 Å². The Hall–Kier alpha value is -4.05. The van der Waals surface area contributed by atoms with Crippen molar-refractivity contribution in [2.45, 2.75) is 12.6 Å². The average molecular weight is 554 g/mol. The maximum absolute atomic E-state index is 14.0. The summed E-state index contributed by atoms with van der Waals surface area (Å²) >= 11 is 3.31. The predicted molar refractivity (Wildman–Crippen MR) is 129 cm³/mol. The highest BCUT2D eigenvalue weighted by atomic mass is 79.9. The van der Waals surface area contributed by atoms with Gasteiger partial charge in [0, 0.05) is 6.54 Å². The van der Waals surface area contributed by atoms with E-state index in [1.54, 1.807) is 30.3 Å². The number of fused-ring (bicyclic) bond motifs is 3. The summed E-state index contributed by atoms with van der Waals surface area (Å²) < 4.78 is 36.3. The number of carbonyl (C=O) groups excluding carboxylic acids is 1. The third-order valence-electron chi connectivity index (χ3n) is 6.30. The van der Waals surface area contributed by atoms with E-state index < -0.39 is 23.2 Å². The van der Waals surface area contributed by atoms with Crippen LogP contribution in [0, 0.1) is 5.82 Å². The molecular formula is C26H17BrFNO7. The van der Waals surface area contributed by atoms with Gasteiger partial charge in [0.2, 0.25) is 12.6 Å². The van der Waals surface area contributed by atoms with Crippen LogP contribution in [0.15, 0.2) is 62.2 Å². The van der Waals surface area contributed by atoms with Crippen molar-refractivity contribution >= 4 is 32.8 Å². The Kier molecular flexibility index (Phi) is 5.15. The molecule has 4 aromatic rings. The molecule has 10 heteroatoms. The molecule has 182 valence electrons. The predicted octanol–water partition coefficient (Wildman–Crippen LogP) is 4.88. The molecular weight excluding hydrogens is 537 g/mol. The van der Waals surface area contributed by atoms with Crippen LogP contribution >= 0.6 is 15.9 Å². The fourth-order valence-electron chi connectivity index (χ4n) is 4.65. The van der Waals surface area contributed by atoms with E-state index in [0.717, 1.165) is 11.6 Å². The number of benzene rings is 3. The lowest BCUT2D eigenvalue weighted by molar-refractivity contribution is 0.0714. The molecule has 3 aromatic carbocycles. The number of amides is 1. The van der Waals surface area contributed by atoms with Gasteiger partial charge in [-0.15, -0.1) is 0 Å². The first-order valence-corrected chi connectivity index (χ1v) is 11.7. The van der Waals surface area contributed by atoms with Crippen LogP contribution < -0.4 is 19.6 Å². The fraction of sp³-hybridized carbons (Fsp3) is 0.154. The number of carbonyl (C=O) groups is 1. The summed E-state index contributed by atoms with van der Waals surface area (Å²) in [6.07, 6.45) is 0. The molecule has 1 amide bonds. The van der Waals surface area contributed by atoms with Crippen molar-refractivity contribution in [3.8, 4) is 23.0 Å². The molecule has 36 heavy (non-hydrogen) atoms. The van der Waals surface area contributed by atoms with Gasteiger partial charge in [-0.3, -0.25) is 9.59 Å². The second-order valence-electron chi connectivity index (χ2n) is 8.39. The van der Waals surface area contributed by atoms with Crippen LogP contribution in [0.4, 0.5) is 4.39 Å². The minimum atomic E-state index is -0.896. The lowest BCUT2D eigenvalue weighted by Crippen LogP contribution is -2.29. The molecule has 0 unspecified atom stereocenters. The summed E-state index contributed by atoms with van der Waals surface area (Å²) in [5, 5.41) is 10.4. The number of halogens is 2. The van der Waals surface area contributed by atoms with E-state index in [0.29, 0.717) is 21.5 Å². The molecule has 2 aliphatic rings. The van der Waals surface area contributed by atoms with Crippen molar-refractivity contribution < 1.29 is 32.9 Å². The van der Waals surface area contributed by atoms with Gasteiger partial charge in [-0.25, -0.2) is 4.39 Å². The second kappa shape index (κ2) is 8.27. The summed E-state index contributed by atoms with van der Waals surface area (Å²) in [5.74, 6) is -0.0318. The second-order valence-corrected chi connectivity index (χ2v) is 9.25. The molecule has 0 bridgehead atoms. The number of nitrogens with zero attached hydrogens (tertiary/aromatic N) is 1. The maximum atomic E-state index is 14.0. The third-order valence-corrected chi connectivity index (χ3v) is 6.91. The van der Waals surface area contributed by atoms with Gasteiger partial charge in [0.05, 0.1) is 28.6 Å². The summed E-state index contributed by atoms with van der Waals surface area (Å²) in [6, 6.07) is 11.2. The molecule has 0 saturated heterocycles. The van der Waals surface area contributed by atoms with E-state index in [1.165, 1.54) is 24.1 Å². The Bertz CT molecular complexity index is 1630. The number of aromatic hydroxyl groups is 1. The highest BCUT2D eigenvalue weighted by Gasteiger charge is 2.43. The minimum absolute atomic E-state index is 0.0290. The zero-order chi connectivity index (χ0) is 25.1. The summed E-state index contributed by atoms with van der Waals surface area (Å²) in [5.41, 5.74) is 0.909. The number of ether oxygens (including phenoxy) is 3. The van der Waals surface area contributed by atoms with Crippen LogP contribution in [0.3, 0.4) is 0 Å². The highest BCUT2D eigenvalue weighted by molar-refractivity contribution is 9.10. The van der Waals surface area contributed by atoms with E-state index in [1.807, 2.05) is 0 Å². The average Bonchev–Trinajstić information content (AvgIpc) is 3.44. The van der Waals surface area contributed by atoms with Gasteiger partial charge in [-0.2, -0.15) is 0 Å². The number of phenols is 1. The Morgan fingerprint density at radius 1 is 1.11 bits per heavy atom. The summed E-state index contributed by atoms with van der Waals surface area (Å²) in [6.45, 7) is 0.216. The van der Waals surface area contributed by atoms with Crippen molar-refractivity contribution in [2.24, 2.45) is 0 Å². The molecule has 0 fully saturated rings. The maximum Gasteiger partial charge on any atom is 0.291 e. The first kappa shape index (κ1) is 22.4. The largest absolute Gasteiger partial charge is 0.503 e. The van der Waals surface area contributed by atoms with Gasteiger partial charge in [0.1, 0.15) is 11.4 Å². The smallest absolute Gasteiger partial charge is 0.291 e. The molecule has 0 spiro atoms. The number of methoxy groups -OCH3 is 1. The van der Waals surface area contributed by atoms with Crippen LogP contribution in [0.2, 0.25) is 0 Å². The molecule has 8 nitrogen and oxygen atoms in total. The van der Waals surface area contributed by atoms with Crippen LogP contribution in [0.25, 0.3) is 11.0 Å². The normalized spacial score (nSPS) is 16.0. The molecule has 1 aromatic heterocycles. The van der Waals surface area contributed by atoms with E-state index in [-0.39, 0.29) is 47.1 Å². The monoisotopic (exact) mass is 553 g/mol. The lowest BCUT2D eigenvalue weighted by Gasteiger charge is -2.26. The van der Waals surface area contributed by atoms with Gasteiger partial charge in [-0.05, 0) is 69.5 Å². The fourth-order valence-corrected chi connectivity index (χ4v) is 5.11. The first-order valence-electron chi connectivity index (χ1n) is 10.9. The van der Waals surface area contributed by atoms with Gasteiger partial charge in [0.15, 0.2) is 28.4 Å². The standard InChI is InChI=1S/C26H17BrFNO7/c1-33-20-8-13(7-16(27)24(20)31)22-21-23(30)15-9-14(28)3-5-17(15)36-25(21)26(32)29(22)10-12-2-4-18-19(6-12)35-11-34-18/h2-9,22,31H,10-11H2,1H3/t22-/m0/s1. The summed E-state index contributed by atoms with van der Waals surface area (Å²) in [4.78, 5) is 28.8. The van der Waals surface area contributed by atoms with Crippen LogP contribution in [-0.2, 0) is 6.54 Å². The Balaban J connectivity index is 1.56. The van der Waals surface area contributed by atoms with E-state index in [2.05, 4.69) is 15.9 Å². The molecule has 1 atom stereocenters. The minimum Gasteiger partial charge on any atom is -0.503 e. The summed E-state index contributed by atoms with van der Waals surface area (Å²) in [7, 11) is 1.40. The first-order chi connectivity index (χ1) is 17.4. The SMILES string of the molecule is COc1cc([C@H]2c3c(oc4ccc(F)cc4c3=O)C(=O)N2Cc2ccc3c(c2)OCO3)cc(Br)c1O. The zero-order valence-corrected chi connectivity index (χ0v) is 20.3. The molecule has 6 rings (SSSR count). The van der Waals surface area contributed by atoms with E-state index in [4.69, 9.17) is 18.6 Å². The van der Waals surface area contributed by atoms with Gasteiger partial charge in [0.25, 0.3) is 5.91 Å². The van der Waals surface area contributed by atoms with Crippen molar-refractivity contribution in [2.75, 3.05) is 13.9 Å². The van der Waals surface area contributed by atoms with Crippen molar-refractivity contribution in [1.82, 2.24) is 4.90 Å². The lowest BCUT2D eigenvalue weighted by atomic mass is 9.97. The highest BCUT2D eigenvalue weighted by Crippen LogP contribution is 2.44. The number of hydrogen-bond donors (Lipinski definition) is 1. The molecule has 0 aliphatic carbocycles. The number of phenolic OH excluding ortho intramolecular Hbond substituents is 1. The Labute approximate surface area is 211 Å². The van der Waals surface area contributed by atoms with Crippen molar-refractivity contribution in [3.63, 3.8) is 0 Å². The van der Waals surface area contributed by atoms with E-state index in [9.17, 15) is 19.1 Å². The van der Waals surface area contributed by atoms with Crippen molar-refractivity contribution in [1.29, 1.82) is 0 Å². The molecule has 3 heterocycles. The topological polar surface area (TPSA) is 98.4 Å². The molecule has 0 radical (unpaired) electrons. The van der Waals surface area contributed by atoms with E-state index >= 15 is 0 Å². The quantitative estimate of drug-likeness (QED) is 0.384. The molecule has 2 aliphatic heterocycles. The zero-order valence-electron chi connectivity index (χ0n) is 18.7.